The Labute approximate surface area is 86.3 Å². The van der Waals surface area contributed by atoms with Crippen molar-refractivity contribution in [3.8, 4) is 6.07 Å². The van der Waals surface area contributed by atoms with Gasteiger partial charge in [-0.25, -0.2) is 0 Å². The average molecular weight is 193 g/mol. The van der Waals surface area contributed by atoms with Crippen molar-refractivity contribution in [1.29, 1.82) is 5.26 Å². The number of nitrogens with zero attached hydrogens (tertiary/aromatic N) is 1. The highest BCUT2D eigenvalue weighted by Crippen LogP contribution is 2.34. The Bertz CT molecular complexity index is 229. The van der Waals surface area contributed by atoms with Crippen molar-refractivity contribution in [3.05, 3.63) is 0 Å². The second-order valence-electron chi connectivity index (χ2n) is 4.23. The second kappa shape index (κ2) is 5.80. The minimum atomic E-state index is 0.209. The van der Waals surface area contributed by atoms with E-state index in [1.165, 1.54) is 12.8 Å². The normalized spacial score (nSPS) is 26.4. The van der Waals surface area contributed by atoms with Gasteiger partial charge in [-0.15, -0.1) is 0 Å². The Morgan fingerprint density at radius 1 is 1.50 bits per heavy atom. The molecule has 0 spiro atoms. The third-order valence-electron chi connectivity index (χ3n) is 3.22. The molecule has 2 unspecified atom stereocenters. The molecule has 78 valence electrons. The van der Waals surface area contributed by atoms with E-state index in [2.05, 4.69) is 13.0 Å². The van der Waals surface area contributed by atoms with Crippen molar-refractivity contribution in [3.63, 3.8) is 0 Å². The van der Waals surface area contributed by atoms with Crippen molar-refractivity contribution in [2.24, 2.45) is 11.8 Å². The number of carbonyl (C=O) groups is 1. The molecule has 2 heteroatoms. The molecule has 0 N–H and O–H groups in total. The number of unbranched alkanes of at least 4 members (excludes halogenated alkanes) is 2. The van der Waals surface area contributed by atoms with Gasteiger partial charge in [0.05, 0.1) is 6.07 Å². The molecule has 1 rings (SSSR count). The van der Waals surface area contributed by atoms with Crippen LogP contribution in [0.3, 0.4) is 0 Å². The lowest BCUT2D eigenvalue weighted by molar-refractivity contribution is -0.121. The van der Waals surface area contributed by atoms with Crippen molar-refractivity contribution in [1.82, 2.24) is 0 Å². The van der Waals surface area contributed by atoms with Crippen LogP contribution in [-0.2, 0) is 4.79 Å². The van der Waals surface area contributed by atoms with E-state index in [1.807, 2.05) is 0 Å². The van der Waals surface area contributed by atoms with Crippen LogP contribution in [0.1, 0.15) is 51.9 Å². The van der Waals surface area contributed by atoms with E-state index in [0.717, 1.165) is 19.3 Å². The predicted molar refractivity (Wildman–Crippen MR) is 55.6 cm³/mol. The number of hydrogen-bond acceptors (Lipinski definition) is 2. The molecule has 1 aliphatic carbocycles. The van der Waals surface area contributed by atoms with E-state index in [9.17, 15) is 4.79 Å². The van der Waals surface area contributed by atoms with Crippen LogP contribution in [0.25, 0.3) is 0 Å². The van der Waals surface area contributed by atoms with Gasteiger partial charge in [-0.05, 0) is 18.8 Å². The number of carbonyl (C=O) groups excluding carboxylic acids is 1. The molecular formula is C12H19NO. The van der Waals surface area contributed by atoms with Gasteiger partial charge in [0.25, 0.3) is 0 Å². The third kappa shape index (κ3) is 2.83. The van der Waals surface area contributed by atoms with Crippen molar-refractivity contribution < 1.29 is 4.79 Å². The first-order chi connectivity index (χ1) is 6.79. The average Bonchev–Trinajstić information content (AvgIpc) is 2.50. The summed E-state index contributed by atoms with van der Waals surface area (Å²) in [4.78, 5) is 11.5. The van der Waals surface area contributed by atoms with E-state index < -0.39 is 0 Å². The van der Waals surface area contributed by atoms with Gasteiger partial charge < -0.3 is 0 Å². The van der Waals surface area contributed by atoms with E-state index >= 15 is 0 Å². The summed E-state index contributed by atoms with van der Waals surface area (Å²) < 4.78 is 0. The molecule has 1 aliphatic rings. The Kier molecular flexibility index (Phi) is 4.65. The van der Waals surface area contributed by atoms with Gasteiger partial charge in [-0.3, -0.25) is 4.79 Å². The standard InChI is InChI=1S/C12H19NO/c1-2-3-4-5-11-10(8-9-13)6-7-12(11)14/h10-11H,2-8H2,1H3. The fraction of sp³-hybridized carbons (Fsp3) is 0.833. The quantitative estimate of drug-likeness (QED) is 0.629. The van der Waals surface area contributed by atoms with E-state index in [-0.39, 0.29) is 5.92 Å². The van der Waals surface area contributed by atoms with Crippen LogP contribution in [0.15, 0.2) is 0 Å². The zero-order valence-electron chi connectivity index (χ0n) is 8.96. The molecule has 0 radical (unpaired) electrons. The smallest absolute Gasteiger partial charge is 0.136 e. The summed E-state index contributed by atoms with van der Waals surface area (Å²) in [5.41, 5.74) is 0. The molecule has 1 fully saturated rings. The summed E-state index contributed by atoms with van der Waals surface area (Å²) >= 11 is 0. The largest absolute Gasteiger partial charge is 0.299 e. The second-order valence-corrected chi connectivity index (χ2v) is 4.23. The number of hydrogen-bond donors (Lipinski definition) is 0. The first kappa shape index (κ1) is 11.2. The molecule has 0 aromatic rings. The lowest BCUT2D eigenvalue weighted by Gasteiger charge is -2.14. The third-order valence-corrected chi connectivity index (χ3v) is 3.22. The summed E-state index contributed by atoms with van der Waals surface area (Å²) in [6.45, 7) is 2.17. The van der Waals surface area contributed by atoms with Gasteiger partial charge in [0, 0.05) is 18.8 Å². The van der Waals surface area contributed by atoms with Gasteiger partial charge in [0.2, 0.25) is 0 Å². The monoisotopic (exact) mass is 193 g/mol. The number of ketones is 1. The molecule has 2 atom stereocenters. The highest BCUT2D eigenvalue weighted by Gasteiger charge is 2.33. The SMILES string of the molecule is CCCCCC1C(=O)CCC1CC#N. The van der Waals surface area contributed by atoms with Crippen LogP contribution in [-0.4, -0.2) is 5.78 Å². The van der Waals surface area contributed by atoms with Crippen LogP contribution in [0.4, 0.5) is 0 Å². The molecule has 0 aromatic carbocycles. The summed E-state index contributed by atoms with van der Waals surface area (Å²) in [7, 11) is 0. The van der Waals surface area contributed by atoms with Gasteiger partial charge in [-0.1, -0.05) is 26.2 Å². The zero-order valence-corrected chi connectivity index (χ0v) is 8.96. The maximum atomic E-state index is 11.5. The van der Waals surface area contributed by atoms with Gasteiger partial charge in [0.1, 0.15) is 5.78 Å². The van der Waals surface area contributed by atoms with Gasteiger partial charge in [-0.2, -0.15) is 5.26 Å². The lowest BCUT2D eigenvalue weighted by Crippen LogP contribution is -2.14. The van der Waals surface area contributed by atoms with Crippen LogP contribution in [0.5, 0.6) is 0 Å². The van der Waals surface area contributed by atoms with E-state index in [1.54, 1.807) is 0 Å². The number of rotatable bonds is 5. The highest BCUT2D eigenvalue weighted by molar-refractivity contribution is 5.83. The summed E-state index contributed by atoms with van der Waals surface area (Å²) in [5.74, 6) is 0.979. The molecule has 0 saturated heterocycles. The molecule has 0 aromatic heterocycles. The Hall–Kier alpha value is -0.840. The summed E-state index contributed by atoms with van der Waals surface area (Å²) in [6.07, 6.45) is 6.80. The molecule has 0 heterocycles. The molecule has 0 bridgehead atoms. The van der Waals surface area contributed by atoms with Crippen LogP contribution >= 0.6 is 0 Å². The molecule has 1 saturated carbocycles. The lowest BCUT2D eigenvalue weighted by atomic mass is 9.88. The first-order valence-electron chi connectivity index (χ1n) is 5.69. The Morgan fingerprint density at radius 2 is 2.29 bits per heavy atom. The van der Waals surface area contributed by atoms with E-state index in [4.69, 9.17) is 5.26 Å². The summed E-state index contributed by atoms with van der Waals surface area (Å²) in [5, 5.41) is 8.64. The summed E-state index contributed by atoms with van der Waals surface area (Å²) in [6, 6.07) is 2.20. The maximum absolute atomic E-state index is 11.5. The maximum Gasteiger partial charge on any atom is 0.136 e. The molecule has 14 heavy (non-hydrogen) atoms. The first-order valence-corrected chi connectivity index (χ1v) is 5.69. The topological polar surface area (TPSA) is 40.9 Å². The van der Waals surface area contributed by atoms with Crippen LogP contribution in [0, 0.1) is 23.2 Å². The Balaban J connectivity index is 2.38. The molecule has 0 aliphatic heterocycles. The zero-order chi connectivity index (χ0) is 10.4. The van der Waals surface area contributed by atoms with Crippen LogP contribution < -0.4 is 0 Å². The number of nitriles is 1. The van der Waals surface area contributed by atoms with Crippen molar-refractivity contribution in [2.45, 2.75) is 51.9 Å². The van der Waals surface area contributed by atoms with E-state index in [0.29, 0.717) is 24.5 Å². The fourth-order valence-corrected chi connectivity index (χ4v) is 2.35. The molecular weight excluding hydrogens is 174 g/mol. The highest BCUT2D eigenvalue weighted by atomic mass is 16.1. The van der Waals surface area contributed by atoms with Crippen LogP contribution in [0.2, 0.25) is 0 Å². The van der Waals surface area contributed by atoms with Crippen molar-refractivity contribution in [2.75, 3.05) is 0 Å². The van der Waals surface area contributed by atoms with Crippen molar-refractivity contribution >= 4 is 5.78 Å². The predicted octanol–water partition coefficient (Wildman–Crippen LogP) is 3.08. The molecule has 0 amide bonds. The Morgan fingerprint density at radius 3 is 2.93 bits per heavy atom. The van der Waals surface area contributed by atoms with Gasteiger partial charge >= 0.3 is 0 Å². The number of Topliss-reactive ketones (excluding diaryl/α,β-unsaturated/α-hetero) is 1. The fourth-order valence-electron chi connectivity index (χ4n) is 2.35. The minimum Gasteiger partial charge on any atom is -0.299 e. The van der Waals surface area contributed by atoms with Gasteiger partial charge in [0.15, 0.2) is 0 Å². The minimum absolute atomic E-state index is 0.209. The molecule has 2 nitrogen and oxygen atoms in total.